The number of nitrogens with one attached hydrogen (secondary N) is 1. The van der Waals surface area contributed by atoms with E-state index in [-0.39, 0.29) is 0 Å². The van der Waals surface area contributed by atoms with Crippen molar-refractivity contribution >= 4 is 16.9 Å². The number of nitrogens with two attached hydrogens (primary N) is 2. The number of benzene rings is 1. The van der Waals surface area contributed by atoms with Crippen molar-refractivity contribution in [3.8, 4) is 0 Å². The van der Waals surface area contributed by atoms with Gasteiger partial charge in [-0.05, 0) is 62.6 Å². The Morgan fingerprint density at radius 3 is 2.80 bits per heavy atom. The zero-order chi connectivity index (χ0) is 17.6. The topological polar surface area (TPSA) is 107 Å². The van der Waals surface area contributed by atoms with Gasteiger partial charge in [0.2, 0.25) is 0 Å². The quantitative estimate of drug-likeness (QED) is 0.568. The molecule has 0 unspecified atom stereocenters. The smallest absolute Gasteiger partial charge is 0.159 e. The second-order valence-corrected chi connectivity index (χ2v) is 6.36. The van der Waals surface area contributed by atoms with E-state index in [2.05, 4.69) is 27.2 Å². The summed E-state index contributed by atoms with van der Waals surface area (Å²) in [5, 5.41) is 11.7. The molecule has 132 valence electrons. The molecule has 0 saturated heterocycles. The Morgan fingerprint density at radius 2 is 2.08 bits per heavy atom. The van der Waals surface area contributed by atoms with Crippen molar-refractivity contribution in [1.29, 1.82) is 0 Å². The SMILES string of the molecule is C=C(/N=C(\C=C/N)n1nnc2ccccc21)NC1CCC(CN)CC1. The molecule has 0 radical (unpaired) electrons. The van der Waals surface area contributed by atoms with Crippen LogP contribution in [0.15, 0.2) is 53.9 Å². The lowest BCUT2D eigenvalue weighted by Crippen LogP contribution is -2.34. The summed E-state index contributed by atoms with van der Waals surface area (Å²) in [6.45, 7) is 4.81. The third-order valence-corrected chi connectivity index (χ3v) is 4.61. The molecule has 0 atom stereocenters. The summed E-state index contributed by atoms with van der Waals surface area (Å²) in [5.41, 5.74) is 13.0. The highest BCUT2D eigenvalue weighted by Gasteiger charge is 2.20. The molecule has 2 aromatic rings. The fourth-order valence-electron chi connectivity index (χ4n) is 3.23. The van der Waals surface area contributed by atoms with Gasteiger partial charge < -0.3 is 16.8 Å². The van der Waals surface area contributed by atoms with Crippen LogP contribution >= 0.6 is 0 Å². The monoisotopic (exact) mass is 339 g/mol. The second-order valence-electron chi connectivity index (χ2n) is 6.36. The van der Waals surface area contributed by atoms with Gasteiger partial charge in [-0.2, -0.15) is 4.68 Å². The molecule has 1 saturated carbocycles. The molecule has 7 heteroatoms. The average Bonchev–Trinajstić information content (AvgIpc) is 3.06. The molecule has 5 N–H and O–H groups in total. The number of hydrogen-bond acceptors (Lipinski definition) is 6. The van der Waals surface area contributed by atoms with Gasteiger partial charge in [0.25, 0.3) is 0 Å². The maximum atomic E-state index is 5.75. The second kappa shape index (κ2) is 7.94. The van der Waals surface area contributed by atoms with Crippen molar-refractivity contribution in [3.63, 3.8) is 0 Å². The van der Waals surface area contributed by atoms with Crippen molar-refractivity contribution < 1.29 is 0 Å². The largest absolute Gasteiger partial charge is 0.404 e. The molecule has 0 bridgehead atoms. The molecule has 1 aromatic heterocycles. The number of fused-ring (bicyclic) bond motifs is 1. The lowest BCUT2D eigenvalue weighted by Gasteiger charge is -2.28. The summed E-state index contributed by atoms with van der Waals surface area (Å²) in [5.74, 6) is 1.82. The van der Waals surface area contributed by atoms with Gasteiger partial charge in [-0.3, -0.25) is 0 Å². The number of rotatable bonds is 5. The van der Waals surface area contributed by atoms with E-state index in [0.29, 0.717) is 23.6 Å². The minimum Gasteiger partial charge on any atom is -0.404 e. The fourth-order valence-corrected chi connectivity index (χ4v) is 3.23. The van der Waals surface area contributed by atoms with Crippen molar-refractivity contribution in [1.82, 2.24) is 20.3 Å². The molecule has 0 aliphatic heterocycles. The summed E-state index contributed by atoms with van der Waals surface area (Å²) in [6, 6.07) is 8.10. The first-order valence-corrected chi connectivity index (χ1v) is 8.64. The van der Waals surface area contributed by atoms with E-state index in [1.54, 1.807) is 10.8 Å². The molecule has 1 aliphatic carbocycles. The predicted molar refractivity (Wildman–Crippen MR) is 101 cm³/mol. The molecule has 1 fully saturated rings. The summed E-state index contributed by atoms with van der Waals surface area (Å²) in [6.07, 6.45) is 7.60. The van der Waals surface area contributed by atoms with Crippen molar-refractivity contribution in [2.45, 2.75) is 31.7 Å². The molecule has 25 heavy (non-hydrogen) atoms. The van der Waals surface area contributed by atoms with Gasteiger partial charge in [0.15, 0.2) is 5.84 Å². The van der Waals surface area contributed by atoms with Crippen LogP contribution in [0.25, 0.3) is 11.0 Å². The molecular weight excluding hydrogens is 314 g/mol. The van der Waals surface area contributed by atoms with Crippen LogP contribution in [0.1, 0.15) is 25.7 Å². The highest BCUT2D eigenvalue weighted by Crippen LogP contribution is 2.23. The number of aliphatic imine (C=N–C) groups is 1. The Morgan fingerprint density at radius 1 is 1.32 bits per heavy atom. The summed E-state index contributed by atoms with van der Waals surface area (Å²) in [4.78, 5) is 4.57. The Labute approximate surface area is 147 Å². The van der Waals surface area contributed by atoms with Crippen molar-refractivity contribution in [2.24, 2.45) is 22.4 Å². The van der Waals surface area contributed by atoms with Gasteiger partial charge in [0.1, 0.15) is 11.3 Å². The third kappa shape index (κ3) is 4.06. The fraction of sp³-hybridized carbons (Fsp3) is 0.389. The van der Waals surface area contributed by atoms with Crippen LogP contribution in [0.2, 0.25) is 0 Å². The zero-order valence-electron chi connectivity index (χ0n) is 14.3. The molecule has 0 spiro atoms. The van der Waals surface area contributed by atoms with Crippen LogP contribution in [-0.4, -0.2) is 33.4 Å². The first-order valence-electron chi connectivity index (χ1n) is 8.64. The lowest BCUT2D eigenvalue weighted by atomic mass is 9.86. The van der Waals surface area contributed by atoms with Crippen LogP contribution in [0.5, 0.6) is 0 Å². The summed E-state index contributed by atoms with van der Waals surface area (Å²) in [7, 11) is 0. The first kappa shape index (κ1) is 17.2. The Bertz CT molecular complexity index is 782. The van der Waals surface area contributed by atoms with Crippen molar-refractivity contribution in [3.05, 3.63) is 48.9 Å². The van der Waals surface area contributed by atoms with Crippen LogP contribution in [0.3, 0.4) is 0 Å². The summed E-state index contributed by atoms with van der Waals surface area (Å²) < 4.78 is 1.66. The van der Waals surface area contributed by atoms with E-state index < -0.39 is 0 Å². The van der Waals surface area contributed by atoms with Crippen molar-refractivity contribution in [2.75, 3.05) is 6.54 Å². The van der Waals surface area contributed by atoms with Gasteiger partial charge in [-0.1, -0.05) is 23.9 Å². The minimum absolute atomic E-state index is 0.384. The third-order valence-electron chi connectivity index (χ3n) is 4.61. The van der Waals surface area contributed by atoms with Gasteiger partial charge in [-0.15, -0.1) is 5.10 Å². The van der Waals surface area contributed by atoms with E-state index in [0.717, 1.165) is 43.3 Å². The van der Waals surface area contributed by atoms with Crippen LogP contribution < -0.4 is 16.8 Å². The van der Waals surface area contributed by atoms with Gasteiger partial charge in [0, 0.05) is 6.04 Å². The molecule has 3 rings (SSSR count). The maximum absolute atomic E-state index is 5.75. The number of nitrogens with zero attached hydrogens (tertiary/aromatic N) is 4. The van der Waals surface area contributed by atoms with Gasteiger partial charge in [0.05, 0.1) is 5.52 Å². The van der Waals surface area contributed by atoms with Crippen LogP contribution in [0.4, 0.5) is 0 Å². The molecule has 7 nitrogen and oxygen atoms in total. The molecule has 1 aromatic carbocycles. The van der Waals surface area contributed by atoms with Gasteiger partial charge in [-0.25, -0.2) is 4.99 Å². The van der Waals surface area contributed by atoms with E-state index in [9.17, 15) is 0 Å². The standard InChI is InChI=1S/C18H25N7/c1-13(21-15-8-6-14(12-20)7-9-15)22-18(10-11-19)25-17-5-3-2-4-16(17)23-24-25/h2-5,10-11,14-15,21H,1,6-9,12,19-20H2/b11-10-,22-18+. The maximum Gasteiger partial charge on any atom is 0.159 e. The molecule has 0 amide bonds. The molecular formula is C18H25N7. The number of aromatic nitrogens is 3. The normalized spacial score (nSPS) is 21.7. The highest BCUT2D eigenvalue weighted by atomic mass is 15.4. The highest BCUT2D eigenvalue weighted by molar-refractivity contribution is 5.99. The summed E-state index contributed by atoms with van der Waals surface area (Å²) >= 11 is 0. The molecule has 1 heterocycles. The Hall–Kier alpha value is -2.67. The average molecular weight is 339 g/mol. The van der Waals surface area contributed by atoms with Crippen LogP contribution in [-0.2, 0) is 0 Å². The van der Waals surface area contributed by atoms with Crippen LogP contribution in [0, 0.1) is 5.92 Å². The molecule has 1 aliphatic rings. The Balaban J connectivity index is 1.75. The Kier molecular flexibility index (Phi) is 5.45. The van der Waals surface area contributed by atoms with E-state index in [4.69, 9.17) is 11.5 Å². The van der Waals surface area contributed by atoms with E-state index in [1.807, 2.05) is 24.3 Å². The zero-order valence-corrected chi connectivity index (χ0v) is 14.3. The lowest BCUT2D eigenvalue weighted by molar-refractivity contribution is 0.308. The number of allylic oxidation sites excluding steroid dienone is 1. The number of para-hydroxylation sites is 1. The predicted octanol–water partition coefficient (Wildman–Crippen LogP) is 1.73. The number of hydrogen-bond donors (Lipinski definition) is 3. The first-order chi connectivity index (χ1) is 12.2. The van der Waals surface area contributed by atoms with Gasteiger partial charge >= 0.3 is 0 Å². The van der Waals surface area contributed by atoms with E-state index in [1.165, 1.54) is 6.20 Å². The van der Waals surface area contributed by atoms with E-state index >= 15 is 0 Å². The minimum atomic E-state index is 0.384.